The fourth-order valence-electron chi connectivity index (χ4n) is 5.09. The molecule has 0 radical (unpaired) electrons. The normalized spacial score (nSPS) is 23.8. The molecule has 10 nitrogen and oxygen atoms in total. The first-order valence-corrected chi connectivity index (χ1v) is 13.3. The molecule has 3 atom stereocenters. The van der Waals surface area contributed by atoms with Crippen LogP contribution in [0, 0.1) is 0 Å². The third-order valence-electron chi connectivity index (χ3n) is 6.86. The van der Waals surface area contributed by atoms with E-state index in [1.807, 2.05) is 34.3 Å². The molecular weight excluding hydrogens is 492 g/mol. The molecule has 1 unspecified atom stereocenters. The van der Waals surface area contributed by atoms with Gasteiger partial charge in [0.05, 0.1) is 42.0 Å². The van der Waals surface area contributed by atoms with Crippen LogP contribution in [0.15, 0.2) is 35.8 Å². The summed E-state index contributed by atoms with van der Waals surface area (Å²) in [5, 5.41) is 5.22. The van der Waals surface area contributed by atoms with E-state index in [9.17, 15) is 9.59 Å². The SMILES string of the molecule is C[C@@H]1CN(c2cccc(-c3csc(NC(=O)Cc4c(C(N)=O)ccn4C4(C)CCOC4)n3)n2)C[C@H](C)O1. The Bertz CT molecular complexity index is 1290. The molecule has 5 rings (SSSR count). The number of aromatic nitrogens is 3. The Balaban J connectivity index is 1.30. The number of thiazole rings is 1. The molecule has 196 valence electrons. The molecule has 0 bridgehead atoms. The highest BCUT2D eigenvalue weighted by molar-refractivity contribution is 7.14. The van der Waals surface area contributed by atoms with E-state index in [-0.39, 0.29) is 30.1 Å². The van der Waals surface area contributed by atoms with E-state index in [0.29, 0.717) is 35.3 Å². The van der Waals surface area contributed by atoms with Gasteiger partial charge in [-0.3, -0.25) is 9.59 Å². The van der Waals surface area contributed by atoms with Crippen LogP contribution in [0.2, 0.25) is 0 Å². The largest absolute Gasteiger partial charge is 0.379 e. The monoisotopic (exact) mass is 524 g/mol. The average molecular weight is 525 g/mol. The minimum atomic E-state index is -0.560. The van der Waals surface area contributed by atoms with E-state index in [1.54, 1.807) is 6.07 Å². The number of nitrogens with two attached hydrogens (primary N) is 1. The van der Waals surface area contributed by atoms with Crippen molar-refractivity contribution in [1.82, 2.24) is 14.5 Å². The molecular formula is C26H32N6O4S. The van der Waals surface area contributed by atoms with Crippen LogP contribution in [0.3, 0.4) is 0 Å². The maximum Gasteiger partial charge on any atom is 0.250 e. The number of nitrogens with one attached hydrogen (secondary N) is 1. The van der Waals surface area contributed by atoms with Crippen molar-refractivity contribution in [3.05, 3.63) is 47.1 Å². The van der Waals surface area contributed by atoms with Crippen molar-refractivity contribution in [1.29, 1.82) is 0 Å². The van der Waals surface area contributed by atoms with Crippen molar-refractivity contribution >= 4 is 34.1 Å². The van der Waals surface area contributed by atoms with Crippen LogP contribution in [-0.4, -0.2) is 64.9 Å². The highest BCUT2D eigenvalue weighted by Gasteiger charge is 2.34. The number of rotatable bonds is 7. The molecule has 2 aliphatic heterocycles. The number of anilines is 2. The quantitative estimate of drug-likeness (QED) is 0.487. The number of hydrogen-bond acceptors (Lipinski definition) is 8. The maximum atomic E-state index is 13.0. The summed E-state index contributed by atoms with van der Waals surface area (Å²) in [6, 6.07) is 7.54. The highest BCUT2D eigenvalue weighted by atomic mass is 32.1. The summed E-state index contributed by atoms with van der Waals surface area (Å²) in [5.41, 5.74) is 7.62. The molecule has 2 saturated heterocycles. The summed E-state index contributed by atoms with van der Waals surface area (Å²) in [6.45, 7) is 8.88. The number of ether oxygens (including phenoxy) is 2. The summed E-state index contributed by atoms with van der Waals surface area (Å²) >= 11 is 1.33. The summed E-state index contributed by atoms with van der Waals surface area (Å²) in [7, 11) is 0. The Morgan fingerprint density at radius 3 is 2.68 bits per heavy atom. The van der Waals surface area contributed by atoms with Gasteiger partial charge in [0, 0.05) is 37.0 Å². The highest BCUT2D eigenvalue weighted by Crippen LogP contribution is 2.31. The second-order valence-electron chi connectivity index (χ2n) is 10.0. The number of pyridine rings is 1. The Morgan fingerprint density at radius 2 is 1.97 bits per heavy atom. The number of nitrogens with zero attached hydrogens (tertiary/aromatic N) is 4. The smallest absolute Gasteiger partial charge is 0.250 e. The van der Waals surface area contributed by atoms with Crippen molar-refractivity contribution in [3.8, 4) is 11.4 Å². The van der Waals surface area contributed by atoms with Crippen LogP contribution in [-0.2, 0) is 26.2 Å². The van der Waals surface area contributed by atoms with Crippen molar-refractivity contribution in [2.75, 3.05) is 36.5 Å². The first-order valence-electron chi connectivity index (χ1n) is 12.4. The van der Waals surface area contributed by atoms with Gasteiger partial charge in [0.15, 0.2) is 5.13 Å². The van der Waals surface area contributed by atoms with Gasteiger partial charge in [-0.05, 0) is 45.4 Å². The Labute approximate surface area is 219 Å². The van der Waals surface area contributed by atoms with Crippen LogP contribution < -0.4 is 16.0 Å². The Hall–Kier alpha value is -3.28. The van der Waals surface area contributed by atoms with Gasteiger partial charge in [0.1, 0.15) is 11.5 Å². The molecule has 2 fully saturated rings. The molecule has 2 amide bonds. The Kier molecular flexibility index (Phi) is 7.02. The van der Waals surface area contributed by atoms with E-state index in [4.69, 9.17) is 20.2 Å². The van der Waals surface area contributed by atoms with Gasteiger partial charge in [0.25, 0.3) is 5.91 Å². The zero-order valence-corrected chi connectivity index (χ0v) is 22.1. The summed E-state index contributed by atoms with van der Waals surface area (Å²) < 4.78 is 13.4. The van der Waals surface area contributed by atoms with Gasteiger partial charge < -0.3 is 30.0 Å². The number of carbonyl (C=O) groups is 2. The molecule has 0 spiro atoms. The lowest BCUT2D eigenvalue weighted by atomic mass is 10.0. The first kappa shape index (κ1) is 25.4. The number of carbonyl (C=O) groups excluding carboxylic acids is 2. The molecule has 3 aromatic rings. The zero-order valence-electron chi connectivity index (χ0n) is 21.3. The Morgan fingerprint density at radius 1 is 1.19 bits per heavy atom. The average Bonchev–Trinajstić information content (AvgIpc) is 3.59. The van der Waals surface area contributed by atoms with Gasteiger partial charge in [-0.1, -0.05) is 6.07 Å². The van der Waals surface area contributed by atoms with Crippen molar-refractivity contribution in [3.63, 3.8) is 0 Å². The summed E-state index contributed by atoms with van der Waals surface area (Å²) in [6.07, 6.45) is 2.87. The predicted molar refractivity (Wildman–Crippen MR) is 142 cm³/mol. The van der Waals surface area contributed by atoms with E-state index in [0.717, 1.165) is 31.0 Å². The number of hydrogen-bond donors (Lipinski definition) is 2. The van der Waals surface area contributed by atoms with Gasteiger partial charge in [-0.15, -0.1) is 11.3 Å². The minimum absolute atomic E-state index is 0.00306. The van der Waals surface area contributed by atoms with Gasteiger partial charge in [0.2, 0.25) is 5.91 Å². The zero-order chi connectivity index (χ0) is 26.2. The van der Waals surface area contributed by atoms with Crippen molar-refractivity contribution < 1.29 is 19.1 Å². The van der Waals surface area contributed by atoms with Crippen LogP contribution in [0.25, 0.3) is 11.4 Å². The lowest BCUT2D eigenvalue weighted by molar-refractivity contribution is -0.115. The molecule has 0 aliphatic carbocycles. The van der Waals surface area contributed by atoms with Gasteiger partial charge in [-0.2, -0.15) is 0 Å². The van der Waals surface area contributed by atoms with Gasteiger partial charge in [-0.25, -0.2) is 9.97 Å². The number of amides is 2. The molecule has 0 aromatic carbocycles. The second-order valence-corrected chi connectivity index (χ2v) is 10.9. The number of morpholine rings is 1. The molecule has 3 aromatic heterocycles. The molecule has 11 heteroatoms. The van der Waals surface area contributed by atoms with Crippen LogP contribution in [0.5, 0.6) is 0 Å². The summed E-state index contributed by atoms with van der Waals surface area (Å²) in [4.78, 5) is 36.7. The fraction of sp³-hybridized carbons (Fsp3) is 0.462. The lowest BCUT2D eigenvalue weighted by Gasteiger charge is -2.36. The second kappa shape index (κ2) is 10.2. The van der Waals surface area contributed by atoms with Crippen LogP contribution in [0.4, 0.5) is 10.9 Å². The van der Waals surface area contributed by atoms with Gasteiger partial charge >= 0.3 is 0 Å². The molecule has 37 heavy (non-hydrogen) atoms. The third-order valence-corrected chi connectivity index (χ3v) is 7.61. The van der Waals surface area contributed by atoms with Crippen LogP contribution in [0.1, 0.15) is 43.2 Å². The van der Waals surface area contributed by atoms with Crippen molar-refractivity contribution in [2.45, 2.75) is 51.4 Å². The molecule has 2 aliphatic rings. The maximum absolute atomic E-state index is 13.0. The minimum Gasteiger partial charge on any atom is -0.379 e. The third kappa shape index (κ3) is 5.39. The topological polar surface area (TPSA) is 125 Å². The molecule has 5 heterocycles. The first-order chi connectivity index (χ1) is 17.7. The van der Waals surface area contributed by atoms with Crippen LogP contribution >= 0.6 is 11.3 Å². The van der Waals surface area contributed by atoms with Crippen molar-refractivity contribution in [2.24, 2.45) is 5.73 Å². The lowest BCUT2D eigenvalue weighted by Crippen LogP contribution is -2.45. The molecule has 0 saturated carbocycles. The van der Waals surface area contributed by atoms with E-state index < -0.39 is 5.91 Å². The number of primary amides is 1. The van der Waals surface area contributed by atoms with E-state index >= 15 is 0 Å². The predicted octanol–water partition coefficient (Wildman–Crippen LogP) is 3.04. The molecule has 3 N–H and O–H groups in total. The summed E-state index contributed by atoms with van der Waals surface area (Å²) in [5.74, 6) is 0.0432. The van der Waals surface area contributed by atoms with E-state index in [1.165, 1.54) is 11.3 Å². The fourth-order valence-corrected chi connectivity index (χ4v) is 5.81. The van der Waals surface area contributed by atoms with E-state index in [2.05, 4.69) is 36.0 Å². The standard InChI is InChI=1S/C26H32N6O4S/c1-16-12-31(13-17(2)36-16)22-6-4-5-19(28-22)20-14-37-25(29-20)30-23(33)11-21-18(24(27)34)7-9-32(21)26(3)8-10-35-15-26/h4-7,9,14,16-17H,8,10-13,15H2,1-3H3,(H2,27,34)(H,29,30,33)/t16-,17+,26?.